The van der Waals surface area contributed by atoms with Gasteiger partial charge in [0.25, 0.3) is 0 Å². The lowest BCUT2D eigenvalue weighted by Gasteiger charge is -2.34. The molecule has 2 atom stereocenters. The van der Waals surface area contributed by atoms with Gasteiger partial charge in [0.2, 0.25) is 0 Å². The van der Waals surface area contributed by atoms with Gasteiger partial charge in [0.05, 0.1) is 0 Å². The molecule has 0 aliphatic heterocycles. The molecule has 6 heteroatoms. The molecule has 0 bridgehead atoms. The van der Waals surface area contributed by atoms with Crippen molar-refractivity contribution in [3.8, 4) is 0 Å². The maximum absolute atomic E-state index is 11.5. The van der Waals surface area contributed by atoms with E-state index in [0.29, 0.717) is 19.4 Å². The Hall–Kier alpha value is -1.30. The summed E-state index contributed by atoms with van der Waals surface area (Å²) in [6.07, 6.45) is 2.05. The predicted octanol–water partition coefficient (Wildman–Crippen LogP) is 1.48. The van der Waals surface area contributed by atoms with Crippen molar-refractivity contribution < 1.29 is 19.4 Å². The maximum Gasteiger partial charge on any atom is 0.407 e. The van der Waals surface area contributed by atoms with Gasteiger partial charge < -0.3 is 20.9 Å². The Labute approximate surface area is 113 Å². The van der Waals surface area contributed by atoms with E-state index in [1.165, 1.54) is 0 Å². The highest BCUT2D eigenvalue weighted by Crippen LogP contribution is 2.30. The van der Waals surface area contributed by atoms with Crippen molar-refractivity contribution >= 4 is 12.1 Å². The van der Waals surface area contributed by atoms with Crippen molar-refractivity contribution in [2.24, 2.45) is 11.7 Å². The van der Waals surface area contributed by atoms with Gasteiger partial charge in [-0.2, -0.15) is 0 Å². The Bertz CT molecular complexity index is 351. The van der Waals surface area contributed by atoms with Gasteiger partial charge in [0, 0.05) is 6.54 Å². The van der Waals surface area contributed by atoms with E-state index in [2.05, 4.69) is 5.32 Å². The van der Waals surface area contributed by atoms with Gasteiger partial charge in [-0.1, -0.05) is 6.42 Å². The number of hydrogen-bond acceptors (Lipinski definition) is 4. The van der Waals surface area contributed by atoms with Gasteiger partial charge in [-0.05, 0) is 46.0 Å². The van der Waals surface area contributed by atoms with Crippen LogP contribution in [0.3, 0.4) is 0 Å². The molecule has 1 aliphatic rings. The van der Waals surface area contributed by atoms with Gasteiger partial charge in [-0.15, -0.1) is 0 Å². The molecule has 0 aromatic rings. The highest BCUT2D eigenvalue weighted by Gasteiger charge is 2.39. The summed E-state index contributed by atoms with van der Waals surface area (Å²) in [6.45, 7) is 5.79. The number of amides is 1. The first-order valence-electron chi connectivity index (χ1n) is 6.61. The molecule has 2 unspecified atom stereocenters. The van der Waals surface area contributed by atoms with Crippen LogP contribution in [-0.2, 0) is 9.53 Å². The number of ether oxygens (including phenoxy) is 1. The van der Waals surface area contributed by atoms with E-state index in [9.17, 15) is 9.59 Å². The van der Waals surface area contributed by atoms with Crippen LogP contribution in [0.15, 0.2) is 0 Å². The first-order valence-corrected chi connectivity index (χ1v) is 6.61. The van der Waals surface area contributed by atoms with Crippen molar-refractivity contribution in [3.05, 3.63) is 0 Å². The van der Waals surface area contributed by atoms with Crippen molar-refractivity contribution in [1.29, 1.82) is 0 Å². The third-order valence-corrected chi connectivity index (χ3v) is 3.25. The van der Waals surface area contributed by atoms with Crippen LogP contribution in [0, 0.1) is 5.92 Å². The first kappa shape index (κ1) is 15.8. The molecule has 6 nitrogen and oxygen atoms in total. The summed E-state index contributed by atoms with van der Waals surface area (Å²) in [4.78, 5) is 22.6. The maximum atomic E-state index is 11.5. The molecule has 0 radical (unpaired) electrons. The third kappa shape index (κ3) is 5.06. The molecule has 0 heterocycles. The van der Waals surface area contributed by atoms with Gasteiger partial charge in [-0.3, -0.25) is 4.79 Å². The zero-order chi connectivity index (χ0) is 14.7. The second kappa shape index (κ2) is 5.77. The van der Waals surface area contributed by atoms with Crippen molar-refractivity contribution in [2.45, 2.75) is 57.6 Å². The zero-order valence-corrected chi connectivity index (χ0v) is 11.9. The molecule has 0 spiro atoms. The summed E-state index contributed by atoms with van der Waals surface area (Å²) in [7, 11) is 0. The smallest absolute Gasteiger partial charge is 0.407 e. The second-order valence-corrected chi connectivity index (χ2v) is 6.31. The standard InChI is InChI=1S/C13H24N2O4/c1-12(2,3)19-11(18)15-8-9-5-4-6-13(14,7-9)10(16)17/h9H,4-8,14H2,1-3H3,(H,15,18)(H,16,17). The molecular weight excluding hydrogens is 248 g/mol. The SMILES string of the molecule is CC(C)(C)OC(=O)NCC1CCCC(N)(C(=O)O)C1. The highest BCUT2D eigenvalue weighted by atomic mass is 16.6. The van der Waals surface area contributed by atoms with E-state index in [1.54, 1.807) is 20.8 Å². The van der Waals surface area contributed by atoms with Crippen LogP contribution in [0.5, 0.6) is 0 Å². The summed E-state index contributed by atoms with van der Waals surface area (Å²) >= 11 is 0. The van der Waals surface area contributed by atoms with Crippen LogP contribution in [0.4, 0.5) is 4.79 Å². The molecular formula is C13H24N2O4. The number of aliphatic carboxylic acids is 1. The van der Waals surface area contributed by atoms with E-state index in [4.69, 9.17) is 15.6 Å². The highest BCUT2D eigenvalue weighted by molar-refractivity contribution is 5.78. The third-order valence-electron chi connectivity index (χ3n) is 3.25. The number of alkyl carbamates (subject to hydrolysis) is 1. The molecule has 1 amide bonds. The second-order valence-electron chi connectivity index (χ2n) is 6.31. The fourth-order valence-electron chi connectivity index (χ4n) is 2.34. The monoisotopic (exact) mass is 272 g/mol. The van der Waals surface area contributed by atoms with E-state index >= 15 is 0 Å². The molecule has 110 valence electrons. The number of nitrogens with two attached hydrogens (primary N) is 1. The molecule has 4 N–H and O–H groups in total. The van der Waals surface area contributed by atoms with Gasteiger partial charge >= 0.3 is 12.1 Å². The Morgan fingerprint density at radius 3 is 2.63 bits per heavy atom. The van der Waals surface area contributed by atoms with Crippen LogP contribution in [0.1, 0.15) is 46.5 Å². The quantitative estimate of drug-likeness (QED) is 0.722. The van der Waals surface area contributed by atoms with Crippen molar-refractivity contribution in [1.82, 2.24) is 5.32 Å². The minimum Gasteiger partial charge on any atom is -0.480 e. The fourth-order valence-corrected chi connectivity index (χ4v) is 2.34. The van der Waals surface area contributed by atoms with Gasteiger partial charge in [-0.25, -0.2) is 4.79 Å². The van der Waals surface area contributed by atoms with Crippen LogP contribution in [0.25, 0.3) is 0 Å². The molecule has 0 aromatic heterocycles. The van der Waals surface area contributed by atoms with Crippen molar-refractivity contribution in [2.75, 3.05) is 6.54 Å². The molecule has 1 saturated carbocycles. The average Bonchev–Trinajstić information content (AvgIpc) is 2.24. The normalized spacial score (nSPS) is 27.7. The molecule has 1 aliphatic carbocycles. The number of hydrogen-bond donors (Lipinski definition) is 3. The largest absolute Gasteiger partial charge is 0.480 e. The Kier molecular flexibility index (Phi) is 4.79. The summed E-state index contributed by atoms with van der Waals surface area (Å²) in [5.74, 6) is -0.878. The Morgan fingerprint density at radius 1 is 1.47 bits per heavy atom. The number of carboxylic acid groups (broad SMARTS) is 1. The van der Waals surface area contributed by atoms with E-state index in [-0.39, 0.29) is 5.92 Å². The summed E-state index contributed by atoms with van der Waals surface area (Å²) < 4.78 is 5.13. The van der Waals surface area contributed by atoms with Gasteiger partial charge in [0.15, 0.2) is 0 Å². The molecule has 0 saturated heterocycles. The summed E-state index contributed by atoms with van der Waals surface area (Å²) in [6, 6.07) is 0. The average molecular weight is 272 g/mol. The van der Waals surface area contributed by atoms with E-state index in [0.717, 1.165) is 12.8 Å². The van der Waals surface area contributed by atoms with Crippen LogP contribution in [0.2, 0.25) is 0 Å². The lowest BCUT2D eigenvalue weighted by atomic mass is 9.76. The van der Waals surface area contributed by atoms with E-state index < -0.39 is 23.2 Å². The topological polar surface area (TPSA) is 102 Å². The molecule has 19 heavy (non-hydrogen) atoms. The summed E-state index contributed by atoms with van der Waals surface area (Å²) in [5.41, 5.74) is 4.17. The minimum absolute atomic E-state index is 0.0855. The van der Waals surface area contributed by atoms with Gasteiger partial charge in [0.1, 0.15) is 11.1 Å². The Morgan fingerprint density at radius 2 is 2.11 bits per heavy atom. The lowest BCUT2D eigenvalue weighted by molar-refractivity contribution is -0.145. The van der Waals surface area contributed by atoms with Crippen molar-refractivity contribution in [3.63, 3.8) is 0 Å². The number of nitrogens with one attached hydrogen (secondary N) is 1. The number of carbonyl (C=O) groups excluding carboxylic acids is 1. The predicted molar refractivity (Wildman–Crippen MR) is 70.7 cm³/mol. The Balaban J connectivity index is 2.42. The summed E-state index contributed by atoms with van der Waals surface area (Å²) in [5, 5.41) is 11.8. The van der Waals surface area contributed by atoms with Crippen LogP contribution >= 0.6 is 0 Å². The minimum atomic E-state index is -1.15. The number of carboxylic acids is 1. The number of carbonyl (C=O) groups is 2. The lowest BCUT2D eigenvalue weighted by Crippen LogP contribution is -2.52. The zero-order valence-electron chi connectivity index (χ0n) is 11.9. The molecule has 1 rings (SSSR count). The molecule has 1 fully saturated rings. The number of rotatable bonds is 3. The first-order chi connectivity index (χ1) is 8.62. The van der Waals surface area contributed by atoms with Crippen LogP contribution in [-0.4, -0.2) is 34.9 Å². The fraction of sp³-hybridized carbons (Fsp3) is 0.846. The van der Waals surface area contributed by atoms with Crippen LogP contribution < -0.4 is 11.1 Å². The molecule has 0 aromatic carbocycles. The van der Waals surface area contributed by atoms with E-state index in [1.807, 2.05) is 0 Å².